The number of pyridine rings is 3. The molecule has 1 saturated heterocycles. The van der Waals surface area contributed by atoms with Gasteiger partial charge in [0.15, 0.2) is 21.5 Å². The fourth-order valence-corrected chi connectivity index (χ4v) is 6.83. The molecule has 2 N–H and O–H groups in total. The van der Waals surface area contributed by atoms with Crippen molar-refractivity contribution in [3.05, 3.63) is 77.4 Å². The highest BCUT2D eigenvalue weighted by atomic mass is 32.2. The van der Waals surface area contributed by atoms with Crippen LogP contribution < -0.4 is 10.2 Å². The van der Waals surface area contributed by atoms with Crippen LogP contribution in [0.1, 0.15) is 41.9 Å². The van der Waals surface area contributed by atoms with Crippen molar-refractivity contribution in [2.75, 3.05) is 30.3 Å². The van der Waals surface area contributed by atoms with Gasteiger partial charge in [-0.25, -0.2) is 22.8 Å². The number of carbonyl (C=O) groups excluding carboxylic acids is 1. The van der Waals surface area contributed by atoms with Gasteiger partial charge < -0.3 is 15.3 Å². The van der Waals surface area contributed by atoms with Gasteiger partial charge in [-0.3, -0.25) is 9.78 Å². The fraction of sp³-hybridized carbons (Fsp3) is 0.355. The molecule has 4 heterocycles. The first-order chi connectivity index (χ1) is 20.0. The smallest absolute Gasteiger partial charge is 0.251 e. The number of aliphatic hydroxyl groups excluding tert-OH is 1. The fourth-order valence-electron chi connectivity index (χ4n) is 5.51. The van der Waals surface area contributed by atoms with Crippen molar-refractivity contribution in [1.29, 1.82) is 0 Å². The van der Waals surface area contributed by atoms with E-state index in [0.717, 1.165) is 24.9 Å². The van der Waals surface area contributed by atoms with E-state index < -0.39 is 28.1 Å². The lowest BCUT2D eigenvalue weighted by atomic mass is 9.92. The van der Waals surface area contributed by atoms with Crippen molar-refractivity contribution in [2.45, 2.75) is 38.6 Å². The number of aryl methyl sites for hydroxylation is 1. The minimum Gasteiger partial charge on any atom is -0.395 e. The Hall–Kier alpha value is -3.96. The zero-order valence-corrected chi connectivity index (χ0v) is 24.7. The number of amides is 1. The van der Waals surface area contributed by atoms with Crippen molar-refractivity contribution < 1.29 is 22.7 Å². The number of hydrogen-bond donors (Lipinski definition) is 2. The number of aromatic nitrogens is 3. The van der Waals surface area contributed by atoms with E-state index in [1.165, 1.54) is 12.1 Å². The quantitative estimate of drug-likeness (QED) is 0.311. The van der Waals surface area contributed by atoms with Crippen LogP contribution in [0.3, 0.4) is 0 Å². The summed E-state index contributed by atoms with van der Waals surface area (Å²) in [7, 11) is -3.71. The Bertz CT molecular complexity index is 1740. The minimum absolute atomic E-state index is 0.0200. The molecule has 1 fully saturated rings. The average molecular weight is 592 g/mol. The molecule has 0 bridgehead atoms. The lowest BCUT2D eigenvalue weighted by Crippen LogP contribution is -2.39. The van der Waals surface area contributed by atoms with Gasteiger partial charge in [0.05, 0.1) is 46.4 Å². The van der Waals surface area contributed by atoms with E-state index >= 15 is 0 Å². The minimum atomic E-state index is -3.71. The van der Waals surface area contributed by atoms with Gasteiger partial charge in [0.1, 0.15) is 0 Å². The van der Waals surface area contributed by atoms with E-state index in [9.17, 15) is 17.6 Å². The van der Waals surface area contributed by atoms with Crippen LogP contribution in [0.2, 0.25) is 0 Å². The Morgan fingerprint density at radius 1 is 1.05 bits per heavy atom. The summed E-state index contributed by atoms with van der Waals surface area (Å²) < 4.78 is 39.8. The molecule has 0 unspecified atom stereocenters. The number of halogens is 1. The second-order valence-corrected chi connectivity index (χ2v) is 13.2. The second kappa shape index (κ2) is 12.1. The molecular formula is C31H34FN5O4S. The van der Waals surface area contributed by atoms with Crippen LogP contribution in [0.25, 0.3) is 22.3 Å². The summed E-state index contributed by atoms with van der Waals surface area (Å²) in [6, 6.07) is 13.0. The number of nitrogens with zero attached hydrogens (tertiary/aromatic N) is 4. The molecule has 1 aliphatic rings. The maximum atomic E-state index is 14.8. The molecule has 0 spiro atoms. The molecule has 1 amide bonds. The average Bonchev–Trinajstić information content (AvgIpc) is 2.95. The Labute approximate surface area is 244 Å². The van der Waals surface area contributed by atoms with Crippen LogP contribution >= 0.6 is 0 Å². The third kappa shape index (κ3) is 6.42. The lowest BCUT2D eigenvalue weighted by molar-refractivity contribution is 0.0950. The van der Waals surface area contributed by atoms with Gasteiger partial charge in [0.2, 0.25) is 0 Å². The maximum absolute atomic E-state index is 14.8. The van der Waals surface area contributed by atoms with Crippen molar-refractivity contribution >= 4 is 32.5 Å². The summed E-state index contributed by atoms with van der Waals surface area (Å²) in [5.41, 5.74) is 3.06. The third-order valence-electron chi connectivity index (χ3n) is 7.46. The summed E-state index contributed by atoms with van der Waals surface area (Å²) in [4.78, 5) is 28.7. The summed E-state index contributed by atoms with van der Waals surface area (Å²) in [6.07, 6.45) is 2.78. The molecule has 0 aliphatic carbocycles. The number of nitrogens with one attached hydrogen (secondary N) is 1. The number of fused-ring (bicyclic) bond motifs is 1. The summed E-state index contributed by atoms with van der Waals surface area (Å²) in [5.74, 6) is 0.0280. The standard InChI is InChI=1S/C31H34FN5O4S/c1-19-12-20(2)18-37(17-19)30-25(32)7-9-27(36-30)26-8-6-23-15-33-24(14-28(23)35-26)16-34-31(39)22-5-4-21(3)29(13-22)42(40,41)11-10-38/h4-9,13-15,19-20,38H,10-12,16-18H2,1-3H3,(H,34,39)/t19-,20+. The SMILES string of the molecule is Cc1ccc(C(=O)NCc2cc3nc(-c4ccc(F)c(N5C[C@H](C)C[C@H](C)C5)n4)ccc3cn2)cc1S(=O)(=O)CCO. The predicted octanol–water partition coefficient (Wildman–Crippen LogP) is 4.32. The van der Waals surface area contributed by atoms with Gasteiger partial charge in [-0.2, -0.15) is 0 Å². The Balaban J connectivity index is 1.35. The van der Waals surface area contributed by atoms with Gasteiger partial charge in [-0.1, -0.05) is 19.9 Å². The van der Waals surface area contributed by atoms with Gasteiger partial charge in [-0.15, -0.1) is 0 Å². The Morgan fingerprint density at radius 2 is 1.76 bits per heavy atom. The molecule has 42 heavy (non-hydrogen) atoms. The molecule has 9 nitrogen and oxygen atoms in total. The number of piperidine rings is 1. The van der Waals surface area contributed by atoms with Crippen LogP contribution in [0.4, 0.5) is 10.2 Å². The van der Waals surface area contributed by atoms with Crippen LogP contribution in [0, 0.1) is 24.6 Å². The topological polar surface area (TPSA) is 125 Å². The molecule has 11 heteroatoms. The molecular weight excluding hydrogens is 557 g/mol. The predicted molar refractivity (Wildman–Crippen MR) is 159 cm³/mol. The monoisotopic (exact) mass is 591 g/mol. The Kier molecular flexibility index (Phi) is 8.51. The number of rotatable bonds is 8. The molecule has 1 aromatic carbocycles. The number of anilines is 1. The van der Waals surface area contributed by atoms with Crippen LogP contribution in [-0.2, 0) is 16.4 Å². The van der Waals surface area contributed by atoms with Gasteiger partial charge in [0.25, 0.3) is 5.91 Å². The van der Waals surface area contributed by atoms with E-state index in [-0.39, 0.29) is 22.8 Å². The second-order valence-electron chi connectivity index (χ2n) is 11.1. The molecule has 5 rings (SSSR count). The molecule has 2 atom stereocenters. The normalized spacial score (nSPS) is 17.4. The Morgan fingerprint density at radius 3 is 2.50 bits per heavy atom. The zero-order chi connectivity index (χ0) is 30.0. The van der Waals surface area contributed by atoms with Crippen LogP contribution in [0.5, 0.6) is 0 Å². The lowest BCUT2D eigenvalue weighted by Gasteiger charge is -2.36. The van der Waals surface area contributed by atoms with Crippen molar-refractivity contribution in [3.8, 4) is 11.4 Å². The molecule has 3 aromatic heterocycles. The third-order valence-corrected chi connectivity index (χ3v) is 9.29. The highest BCUT2D eigenvalue weighted by Gasteiger charge is 2.25. The number of carbonyl (C=O) groups is 1. The highest BCUT2D eigenvalue weighted by molar-refractivity contribution is 7.91. The van der Waals surface area contributed by atoms with Crippen molar-refractivity contribution in [3.63, 3.8) is 0 Å². The number of benzene rings is 1. The molecule has 4 aromatic rings. The highest BCUT2D eigenvalue weighted by Crippen LogP contribution is 2.29. The molecule has 0 radical (unpaired) electrons. The van der Waals surface area contributed by atoms with Crippen molar-refractivity contribution in [1.82, 2.24) is 20.3 Å². The van der Waals surface area contributed by atoms with Gasteiger partial charge in [0, 0.05) is 30.2 Å². The van der Waals surface area contributed by atoms with Crippen molar-refractivity contribution in [2.24, 2.45) is 11.8 Å². The largest absolute Gasteiger partial charge is 0.395 e. The van der Waals surface area contributed by atoms with Crippen LogP contribution in [0.15, 0.2) is 59.6 Å². The number of hydrogen-bond acceptors (Lipinski definition) is 8. The number of aliphatic hydroxyl groups is 1. The maximum Gasteiger partial charge on any atom is 0.251 e. The molecule has 0 saturated carbocycles. The molecule has 220 valence electrons. The summed E-state index contributed by atoms with van der Waals surface area (Å²) in [5, 5.41) is 12.7. The first kappa shape index (κ1) is 29.5. The van der Waals surface area contributed by atoms with E-state index in [4.69, 9.17) is 10.1 Å². The summed E-state index contributed by atoms with van der Waals surface area (Å²) in [6.45, 7) is 7.09. The van der Waals surface area contributed by atoms with Gasteiger partial charge in [-0.05, 0) is 73.2 Å². The van der Waals surface area contributed by atoms with E-state index in [1.807, 2.05) is 17.0 Å². The molecule has 1 aliphatic heterocycles. The summed E-state index contributed by atoms with van der Waals surface area (Å²) >= 11 is 0. The first-order valence-corrected chi connectivity index (χ1v) is 15.6. The zero-order valence-electron chi connectivity index (χ0n) is 23.8. The number of sulfone groups is 1. The van der Waals surface area contributed by atoms with Crippen LogP contribution in [-0.4, -0.2) is 59.8 Å². The van der Waals surface area contributed by atoms with E-state index in [0.29, 0.717) is 45.8 Å². The van der Waals surface area contributed by atoms with Gasteiger partial charge >= 0.3 is 0 Å². The van der Waals surface area contributed by atoms with E-state index in [2.05, 4.69) is 29.1 Å². The van der Waals surface area contributed by atoms with E-state index in [1.54, 1.807) is 37.4 Å². The first-order valence-electron chi connectivity index (χ1n) is 13.9.